The fourth-order valence-electron chi connectivity index (χ4n) is 2.85. The minimum atomic E-state index is -0.186. The summed E-state index contributed by atoms with van der Waals surface area (Å²) < 4.78 is 5.82. The molecule has 2 aliphatic rings. The zero-order chi connectivity index (χ0) is 14.1. The van der Waals surface area contributed by atoms with E-state index in [-0.39, 0.29) is 22.5 Å². The first-order chi connectivity index (χ1) is 8.80. The molecule has 2 rings (SSSR count). The summed E-state index contributed by atoms with van der Waals surface area (Å²) in [7, 11) is 0. The van der Waals surface area contributed by atoms with E-state index in [0.717, 1.165) is 31.8 Å². The SMILES string of the molecule is C[C@H](CC(=O)N1CCC2(C1)NCCS2)OC(C)(C)C. The number of thioether (sulfide) groups is 1. The van der Waals surface area contributed by atoms with Gasteiger partial charge in [0.15, 0.2) is 0 Å². The Bertz CT molecular complexity index is 335. The molecule has 0 radical (unpaired) electrons. The van der Waals surface area contributed by atoms with Crippen molar-refractivity contribution >= 4 is 17.7 Å². The molecule has 0 aliphatic carbocycles. The van der Waals surface area contributed by atoms with Crippen molar-refractivity contribution in [1.82, 2.24) is 10.2 Å². The number of ether oxygens (including phenoxy) is 1. The van der Waals surface area contributed by atoms with Crippen LogP contribution in [0.15, 0.2) is 0 Å². The Balaban J connectivity index is 1.81. The highest BCUT2D eigenvalue weighted by Crippen LogP contribution is 2.36. The van der Waals surface area contributed by atoms with Crippen molar-refractivity contribution in [3.05, 3.63) is 0 Å². The summed E-state index contributed by atoms with van der Waals surface area (Å²) in [6.07, 6.45) is 1.53. The van der Waals surface area contributed by atoms with Crippen LogP contribution in [0.4, 0.5) is 0 Å². The molecule has 0 aromatic heterocycles. The van der Waals surface area contributed by atoms with Crippen molar-refractivity contribution in [3.63, 3.8) is 0 Å². The van der Waals surface area contributed by atoms with Crippen molar-refractivity contribution < 1.29 is 9.53 Å². The maximum Gasteiger partial charge on any atom is 0.225 e. The number of nitrogens with one attached hydrogen (secondary N) is 1. The van der Waals surface area contributed by atoms with Crippen LogP contribution >= 0.6 is 11.8 Å². The highest BCUT2D eigenvalue weighted by molar-refractivity contribution is 8.00. The maximum absolute atomic E-state index is 12.3. The van der Waals surface area contributed by atoms with Gasteiger partial charge in [-0.3, -0.25) is 4.79 Å². The summed E-state index contributed by atoms with van der Waals surface area (Å²) >= 11 is 1.97. The third kappa shape index (κ3) is 4.10. The van der Waals surface area contributed by atoms with E-state index in [1.807, 2.05) is 44.4 Å². The fourth-order valence-corrected chi connectivity index (χ4v) is 4.14. The van der Waals surface area contributed by atoms with Gasteiger partial charge in [-0.15, -0.1) is 11.8 Å². The van der Waals surface area contributed by atoms with E-state index in [1.54, 1.807) is 0 Å². The van der Waals surface area contributed by atoms with Crippen LogP contribution in [0.2, 0.25) is 0 Å². The van der Waals surface area contributed by atoms with Gasteiger partial charge >= 0.3 is 0 Å². The third-order valence-corrected chi connectivity index (χ3v) is 4.97. The average Bonchev–Trinajstić information content (AvgIpc) is 2.87. The molecule has 1 amide bonds. The van der Waals surface area contributed by atoms with E-state index < -0.39 is 0 Å². The molecular formula is C14H26N2O2S. The number of nitrogens with zero attached hydrogens (tertiary/aromatic N) is 1. The average molecular weight is 286 g/mol. The van der Waals surface area contributed by atoms with Crippen LogP contribution in [0.1, 0.15) is 40.5 Å². The number of carbonyl (C=O) groups excluding carboxylic acids is 1. The fraction of sp³-hybridized carbons (Fsp3) is 0.929. The van der Waals surface area contributed by atoms with E-state index in [9.17, 15) is 4.79 Å². The lowest BCUT2D eigenvalue weighted by molar-refractivity contribution is -0.135. The highest BCUT2D eigenvalue weighted by Gasteiger charge is 2.42. The van der Waals surface area contributed by atoms with Gasteiger partial charge in [-0.05, 0) is 34.1 Å². The van der Waals surface area contributed by atoms with Crippen LogP contribution in [0, 0.1) is 0 Å². The normalized spacial score (nSPS) is 29.2. The molecule has 0 aromatic carbocycles. The number of rotatable bonds is 3. The van der Waals surface area contributed by atoms with Gasteiger partial charge < -0.3 is 15.0 Å². The van der Waals surface area contributed by atoms with Crippen molar-refractivity contribution in [2.24, 2.45) is 0 Å². The van der Waals surface area contributed by atoms with Crippen LogP contribution in [0.3, 0.4) is 0 Å². The quantitative estimate of drug-likeness (QED) is 0.859. The van der Waals surface area contributed by atoms with Crippen molar-refractivity contribution in [2.75, 3.05) is 25.4 Å². The molecule has 5 heteroatoms. The molecule has 2 heterocycles. The monoisotopic (exact) mass is 286 g/mol. The minimum absolute atomic E-state index is 0.0201. The summed E-state index contributed by atoms with van der Waals surface area (Å²) in [4.78, 5) is 14.4. The molecule has 2 fully saturated rings. The predicted octanol–water partition coefficient (Wildman–Crippen LogP) is 1.85. The first-order valence-electron chi connectivity index (χ1n) is 7.14. The molecule has 0 bridgehead atoms. The van der Waals surface area contributed by atoms with Gasteiger partial charge in [-0.1, -0.05) is 0 Å². The third-order valence-electron chi connectivity index (χ3n) is 3.53. The van der Waals surface area contributed by atoms with Gasteiger partial charge in [-0.2, -0.15) is 0 Å². The van der Waals surface area contributed by atoms with Gasteiger partial charge in [0, 0.05) is 25.4 Å². The van der Waals surface area contributed by atoms with Gasteiger partial charge in [0.1, 0.15) is 0 Å². The molecule has 0 aromatic rings. The van der Waals surface area contributed by atoms with Crippen LogP contribution in [0.5, 0.6) is 0 Å². The van der Waals surface area contributed by atoms with E-state index in [2.05, 4.69) is 5.32 Å². The minimum Gasteiger partial charge on any atom is -0.372 e. The Labute approximate surface area is 120 Å². The number of likely N-dealkylation sites (tertiary alicyclic amines) is 1. The lowest BCUT2D eigenvalue weighted by atomic mass is 10.1. The number of hydrogen-bond donors (Lipinski definition) is 1. The molecule has 1 spiro atoms. The zero-order valence-electron chi connectivity index (χ0n) is 12.5. The van der Waals surface area contributed by atoms with E-state index in [4.69, 9.17) is 4.74 Å². The molecule has 2 saturated heterocycles. The van der Waals surface area contributed by atoms with E-state index >= 15 is 0 Å². The van der Waals surface area contributed by atoms with Crippen LogP contribution in [-0.2, 0) is 9.53 Å². The molecule has 19 heavy (non-hydrogen) atoms. The summed E-state index contributed by atoms with van der Waals surface area (Å²) in [6.45, 7) is 10.8. The van der Waals surface area contributed by atoms with Crippen LogP contribution < -0.4 is 5.32 Å². The number of carbonyl (C=O) groups is 1. The van der Waals surface area contributed by atoms with Gasteiger partial charge in [0.25, 0.3) is 0 Å². The summed E-state index contributed by atoms with van der Waals surface area (Å²) in [5, 5.41) is 3.55. The maximum atomic E-state index is 12.3. The standard InChI is InChI=1S/C14H26N2O2S/c1-11(18-13(2,3)4)9-12(17)16-7-5-14(10-16)15-6-8-19-14/h11,15H,5-10H2,1-4H3/t11-,14?/m1/s1. The summed E-state index contributed by atoms with van der Waals surface area (Å²) in [6, 6.07) is 0. The lowest BCUT2D eigenvalue weighted by Crippen LogP contribution is -2.42. The smallest absolute Gasteiger partial charge is 0.225 e. The summed E-state index contributed by atoms with van der Waals surface area (Å²) in [5.74, 6) is 1.38. The predicted molar refractivity (Wildman–Crippen MR) is 79.3 cm³/mol. The second-order valence-electron chi connectivity index (χ2n) is 6.58. The molecule has 110 valence electrons. The van der Waals surface area contributed by atoms with E-state index in [0.29, 0.717) is 6.42 Å². The Hall–Kier alpha value is -0.260. The second kappa shape index (κ2) is 5.62. The molecule has 1 N–H and O–H groups in total. The first-order valence-corrected chi connectivity index (χ1v) is 8.13. The topological polar surface area (TPSA) is 41.6 Å². The zero-order valence-corrected chi connectivity index (χ0v) is 13.3. The van der Waals surface area contributed by atoms with Crippen molar-refractivity contribution in [1.29, 1.82) is 0 Å². The summed E-state index contributed by atoms with van der Waals surface area (Å²) in [5.41, 5.74) is -0.186. The molecule has 2 atom stereocenters. The van der Waals surface area contributed by atoms with Crippen LogP contribution in [-0.4, -0.2) is 52.8 Å². The Morgan fingerprint density at radius 1 is 1.53 bits per heavy atom. The van der Waals surface area contributed by atoms with Gasteiger partial charge in [-0.25, -0.2) is 0 Å². The largest absolute Gasteiger partial charge is 0.372 e. The van der Waals surface area contributed by atoms with Gasteiger partial charge in [0.05, 0.1) is 23.0 Å². The van der Waals surface area contributed by atoms with Gasteiger partial charge in [0.2, 0.25) is 5.91 Å². The molecule has 0 saturated carbocycles. The molecule has 4 nitrogen and oxygen atoms in total. The molecule has 1 unspecified atom stereocenters. The molecular weight excluding hydrogens is 260 g/mol. The van der Waals surface area contributed by atoms with Crippen LogP contribution in [0.25, 0.3) is 0 Å². The lowest BCUT2D eigenvalue weighted by Gasteiger charge is -2.27. The van der Waals surface area contributed by atoms with Crippen molar-refractivity contribution in [3.8, 4) is 0 Å². The van der Waals surface area contributed by atoms with Crippen molar-refractivity contribution in [2.45, 2.75) is 57.1 Å². The number of hydrogen-bond acceptors (Lipinski definition) is 4. The molecule has 2 aliphatic heterocycles. The Kier molecular flexibility index (Phi) is 4.48. The van der Waals surface area contributed by atoms with E-state index in [1.165, 1.54) is 0 Å². The second-order valence-corrected chi connectivity index (χ2v) is 8.06. The Morgan fingerprint density at radius 2 is 2.26 bits per heavy atom. The highest BCUT2D eigenvalue weighted by atomic mass is 32.2. The number of amides is 1. The first kappa shape index (κ1) is 15.1. The Morgan fingerprint density at radius 3 is 2.84 bits per heavy atom.